The third-order valence-corrected chi connectivity index (χ3v) is 2.42. The van der Waals surface area contributed by atoms with Crippen LogP contribution in [-0.4, -0.2) is 42.8 Å². The molecular weight excluding hydrogens is 230 g/mol. The van der Waals surface area contributed by atoms with Gasteiger partial charge in [0.25, 0.3) is 0 Å². The van der Waals surface area contributed by atoms with Crippen LogP contribution in [0.4, 0.5) is 0 Å². The summed E-state index contributed by atoms with van der Waals surface area (Å²) in [5, 5.41) is 7.42. The van der Waals surface area contributed by atoms with Crippen LogP contribution in [0.3, 0.4) is 0 Å². The molecule has 5 nitrogen and oxygen atoms in total. The highest BCUT2D eigenvalue weighted by atomic mass is 16.5. The predicted octanol–water partition coefficient (Wildman–Crippen LogP) is 1.81. The maximum atomic E-state index is 11.8. The van der Waals surface area contributed by atoms with Gasteiger partial charge in [-0.3, -0.25) is 0 Å². The molecule has 0 saturated carbocycles. The Morgan fingerprint density at radius 3 is 2.61 bits per heavy atom. The molecule has 0 fully saturated rings. The van der Waals surface area contributed by atoms with Crippen LogP contribution in [0.1, 0.15) is 18.2 Å². The summed E-state index contributed by atoms with van der Waals surface area (Å²) in [6.45, 7) is 4.00. The number of hydrogen-bond acceptors (Lipinski definition) is 4. The number of H-pyrrole nitrogens is 1. The number of carbonyl (C=O) groups is 1. The molecule has 1 rings (SSSR count). The number of nitrogens with one attached hydrogen (secondary N) is 2. The highest BCUT2D eigenvalue weighted by Crippen LogP contribution is 2.20. The number of aromatic amines is 1. The smallest absolute Gasteiger partial charge is 0.341 e. The molecule has 1 aromatic rings. The molecule has 0 amide bonds. The van der Waals surface area contributed by atoms with E-state index in [0.29, 0.717) is 12.3 Å². The number of carbonyl (C=O) groups excluding carboxylic acids is 1. The van der Waals surface area contributed by atoms with Gasteiger partial charge in [0.2, 0.25) is 0 Å². The molecule has 0 saturated heterocycles. The lowest BCUT2D eigenvalue weighted by atomic mass is 10.1. The zero-order valence-electron chi connectivity index (χ0n) is 11.2. The first-order chi connectivity index (χ1) is 8.51. The molecule has 0 aliphatic rings. The van der Waals surface area contributed by atoms with Crippen LogP contribution in [0.25, 0.3) is 5.70 Å². The number of rotatable bonds is 5. The molecule has 0 aliphatic carbocycles. The highest BCUT2D eigenvalue weighted by Gasteiger charge is 2.18. The number of aryl methyl sites for hydroxylation is 1. The number of nitrogens with zero attached hydrogens (tertiary/aromatic N) is 1. The van der Waals surface area contributed by atoms with E-state index in [0.717, 1.165) is 17.5 Å². The van der Waals surface area contributed by atoms with E-state index < -0.39 is 5.97 Å². The van der Waals surface area contributed by atoms with Crippen LogP contribution < -0.4 is 0 Å². The Labute approximate surface area is 107 Å². The first-order valence-electron chi connectivity index (χ1n) is 5.75. The molecule has 0 unspecified atom stereocenters. The normalized spacial score (nSPS) is 11.8. The fourth-order valence-electron chi connectivity index (χ4n) is 1.70. The van der Waals surface area contributed by atoms with Gasteiger partial charge >= 0.3 is 5.97 Å². The highest BCUT2D eigenvalue weighted by molar-refractivity contribution is 6.14. The quantitative estimate of drug-likeness (QED) is 0.475. The molecule has 0 aliphatic heterocycles. The maximum absolute atomic E-state index is 11.8. The summed E-state index contributed by atoms with van der Waals surface area (Å²) in [7, 11) is 3.66. The third-order valence-electron chi connectivity index (χ3n) is 2.42. The fourth-order valence-corrected chi connectivity index (χ4v) is 1.70. The van der Waals surface area contributed by atoms with Crippen LogP contribution in [0, 0.1) is 12.3 Å². The first-order valence-corrected chi connectivity index (χ1v) is 5.75. The second-order valence-corrected chi connectivity index (χ2v) is 4.11. The predicted molar refractivity (Wildman–Crippen MR) is 71.6 cm³/mol. The van der Waals surface area contributed by atoms with Crippen molar-refractivity contribution in [2.75, 3.05) is 20.7 Å². The number of hydrogen-bond donors (Lipinski definition) is 2. The van der Waals surface area contributed by atoms with Crippen molar-refractivity contribution in [3.05, 3.63) is 29.1 Å². The zero-order valence-corrected chi connectivity index (χ0v) is 11.2. The standard InChI is InChI=1S/C13H19N3O2/c1-5-18-13(17)10(7-14)12(16(3)4)11-6-9(2)8-15-11/h6-8,14-15H,5H2,1-4H3/b12-10-,14-7?. The molecule has 98 valence electrons. The Kier molecular flexibility index (Phi) is 4.71. The Bertz CT molecular complexity index is 472. The van der Waals surface area contributed by atoms with Gasteiger partial charge in [-0.1, -0.05) is 0 Å². The minimum Gasteiger partial charge on any atom is -0.462 e. The molecule has 5 heteroatoms. The molecule has 18 heavy (non-hydrogen) atoms. The van der Waals surface area contributed by atoms with Gasteiger partial charge in [0, 0.05) is 26.5 Å². The van der Waals surface area contributed by atoms with E-state index in [2.05, 4.69) is 4.98 Å². The molecule has 0 spiro atoms. The minimum atomic E-state index is -0.483. The summed E-state index contributed by atoms with van der Waals surface area (Å²) in [6, 6.07) is 1.93. The SMILES string of the molecule is CCOC(=O)/C(C=N)=C(/c1cc(C)c[nH]1)N(C)C. The fraction of sp³-hybridized carbons (Fsp3) is 0.385. The lowest BCUT2D eigenvalue weighted by molar-refractivity contribution is -0.137. The van der Waals surface area contributed by atoms with Gasteiger partial charge < -0.3 is 20.0 Å². The number of aromatic nitrogens is 1. The molecule has 2 N–H and O–H groups in total. The average molecular weight is 249 g/mol. The van der Waals surface area contributed by atoms with Gasteiger partial charge in [0.05, 0.1) is 18.0 Å². The summed E-state index contributed by atoms with van der Waals surface area (Å²) in [5.41, 5.74) is 2.75. The largest absolute Gasteiger partial charge is 0.462 e. The molecule has 0 radical (unpaired) electrons. The second kappa shape index (κ2) is 6.05. The summed E-state index contributed by atoms with van der Waals surface area (Å²) >= 11 is 0. The molecule has 0 aromatic carbocycles. The molecule has 1 aromatic heterocycles. The Hall–Kier alpha value is -2.04. The second-order valence-electron chi connectivity index (χ2n) is 4.11. The van der Waals surface area contributed by atoms with Crippen LogP contribution >= 0.6 is 0 Å². The van der Waals surface area contributed by atoms with Gasteiger partial charge in [-0.2, -0.15) is 0 Å². The Morgan fingerprint density at radius 1 is 1.56 bits per heavy atom. The molecule has 0 atom stereocenters. The van der Waals surface area contributed by atoms with Gasteiger partial charge in [0.15, 0.2) is 0 Å². The van der Waals surface area contributed by atoms with Crippen molar-refractivity contribution in [2.24, 2.45) is 0 Å². The van der Waals surface area contributed by atoms with Gasteiger partial charge in [-0.15, -0.1) is 0 Å². The van der Waals surface area contributed by atoms with Crippen molar-refractivity contribution in [1.82, 2.24) is 9.88 Å². The van der Waals surface area contributed by atoms with E-state index in [4.69, 9.17) is 10.1 Å². The third kappa shape index (κ3) is 3.00. The topological polar surface area (TPSA) is 69.2 Å². The molecular formula is C13H19N3O2. The average Bonchev–Trinajstić information content (AvgIpc) is 2.71. The van der Waals surface area contributed by atoms with Crippen molar-refractivity contribution in [1.29, 1.82) is 5.41 Å². The van der Waals surface area contributed by atoms with Crippen LogP contribution in [0.2, 0.25) is 0 Å². The Balaban J connectivity index is 3.31. The van der Waals surface area contributed by atoms with Crippen molar-refractivity contribution < 1.29 is 9.53 Å². The summed E-state index contributed by atoms with van der Waals surface area (Å²) in [5.74, 6) is -0.483. The van der Waals surface area contributed by atoms with Crippen molar-refractivity contribution in [2.45, 2.75) is 13.8 Å². The van der Waals surface area contributed by atoms with Gasteiger partial charge in [0.1, 0.15) is 5.57 Å². The van der Waals surface area contributed by atoms with Crippen molar-refractivity contribution in [3.8, 4) is 0 Å². The van der Waals surface area contributed by atoms with Gasteiger partial charge in [-0.05, 0) is 25.5 Å². The number of esters is 1. The van der Waals surface area contributed by atoms with E-state index in [1.54, 1.807) is 11.8 Å². The first kappa shape index (κ1) is 14.0. The summed E-state index contributed by atoms with van der Waals surface area (Å²) < 4.78 is 4.97. The summed E-state index contributed by atoms with van der Waals surface area (Å²) in [4.78, 5) is 16.7. The van der Waals surface area contributed by atoms with Crippen LogP contribution in [-0.2, 0) is 9.53 Å². The zero-order chi connectivity index (χ0) is 13.7. The minimum absolute atomic E-state index is 0.240. The van der Waals surface area contributed by atoms with E-state index in [-0.39, 0.29) is 5.57 Å². The molecule has 1 heterocycles. The molecule has 0 bridgehead atoms. The van der Waals surface area contributed by atoms with E-state index in [1.807, 2.05) is 33.3 Å². The monoisotopic (exact) mass is 249 g/mol. The van der Waals surface area contributed by atoms with E-state index >= 15 is 0 Å². The van der Waals surface area contributed by atoms with E-state index in [1.165, 1.54) is 0 Å². The van der Waals surface area contributed by atoms with Crippen molar-refractivity contribution >= 4 is 17.9 Å². The number of ether oxygens (including phenoxy) is 1. The summed E-state index contributed by atoms with van der Waals surface area (Å²) in [6.07, 6.45) is 2.88. The lowest BCUT2D eigenvalue weighted by Crippen LogP contribution is -2.19. The van der Waals surface area contributed by atoms with Crippen LogP contribution in [0.15, 0.2) is 17.8 Å². The lowest BCUT2D eigenvalue weighted by Gasteiger charge is -2.18. The van der Waals surface area contributed by atoms with Crippen LogP contribution in [0.5, 0.6) is 0 Å². The Morgan fingerprint density at radius 2 is 2.22 bits per heavy atom. The maximum Gasteiger partial charge on any atom is 0.341 e. The van der Waals surface area contributed by atoms with Gasteiger partial charge in [-0.25, -0.2) is 4.79 Å². The van der Waals surface area contributed by atoms with E-state index in [9.17, 15) is 4.79 Å². The van der Waals surface area contributed by atoms with Crippen molar-refractivity contribution in [3.63, 3.8) is 0 Å².